The van der Waals surface area contributed by atoms with E-state index >= 15 is 0 Å². The van der Waals surface area contributed by atoms with Crippen LogP contribution in [0.15, 0.2) is 36.4 Å². The molecule has 0 radical (unpaired) electrons. The van der Waals surface area contributed by atoms with Gasteiger partial charge in [0.15, 0.2) is 15.0 Å². The Morgan fingerprint density at radius 2 is 1.86 bits per heavy atom. The highest BCUT2D eigenvalue weighted by Crippen LogP contribution is 2.34. The lowest BCUT2D eigenvalue weighted by molar-refractivity contribution is -0.113. The minimum absolute atomic E-state index is 0.261. The summed E-state index contributed by atoms with van der Waals surface area (Å²) >= 11 is 2.94. The first-order valence-corrected chi connectivity index (χ1v) is 11.7. The quantitative estimate of drug-likeness (QED) is 0.638. The van der Waals surface area contributed by atoms with Crippen LogP contribution in [-0.4, -0.2) is 25.1 Å². The fourth-order valence-electron chi connectivity index (χ4n) is 2.58. The van der Waals surface area contributed by atoms with Gasteiger partial charge in [0.1, 0.15) is 5.75 Å². The van der Waals surface area contributed by atoms with Gasteiger partial charge in [0.25, 0.3) is 0 Å². The van der Waals surface area contributed by atoms with Gasteiger partial charge in [0.2, 0.25) is 5.91 Å². The number of nitriles is 1. The van der Waals surface area contributed by atoms with Gasteiger partial charge >= 0.3 is 0 Å². The first kappa shape index (κ1) is 20.2. The molecule has 0 aliphatic rings. The summed E-state index contributed by atoms with van der Waals surface area (Å²) in [6.45, 7) is 3.93. The average molecular weight is 432 g/mol. The monoisotopic (exact) mass is 431 g/mol. The number of carbonyl (C=O) groups excluding carboxylic acids is 1. The topological polar surface area (TPSA) is 99.9 Å². The van der Waals surface area contributed by atoms with Crippen molar-refractivity contribution in [2.75, 3.05) is 11.1 Å². The lowest BCUT2D eigenvalue weighted by Gasteiger charge is -2.05. The van der Waals surface area contributed by atoms with Crippen LogP contribution in [0.3, 0.4) is 0 Å². The van der Waals surface area contributed by atoms with Gasteiger partial charge in [-0.3, -0.25) is 4.79 Å². The van der Waals surface area contributed by atoms with Crippen LogP contribution in [0.5, 0.6) is 0 Å². The van der Waals surface area contributed by atoms with E-state index in [4.69, 9.17) is 5.26 Å². The molecule has 3 aromatic rings. The van der Waals surface area contributed by atoms with Gasteiger partial charge in [-0.1, -0.05) is 12.1 Å². The third-order valence-electron chi connectivity index (χ3n) is 3.84. The van der Waals surface area contributed by atoms with Gasteiger partial charge < -0.3 is 5.32 Å². The van der Waals surface area contributed by atoms with Crippen LogP contribution >= 0.6 is 22.7 Å². The largest absolute Gasteiger partial charge is 0.301 e. The fourth-order valence-corrected chi connectivity index (χ4v) is 5.67. The summed E-state index contributed by atoms with van der Waals surface area (Å²) in [5, 5.41) is 11.8. The number of hydrogen-bond acceptors (Lipinski definition) is 7. The van der Waals surface area contributed by atoms with E-state index in [2.05, 4.69) is 10.3 Å². The number of anilines is 1. The molecule has 0 aliphatic heterocycles. The highest BCUT2D eigenvalue weighted by atomic mass is 32.2. The SMILES string of the molecule is Cc1ccc(-c2nc(NC(=O)CS(=O)(=O)Cc3ccc(C#N)cc3)sc2C)s1. The lowest BCUT2D eigenvalue weighted by Crippen LogP contribution is -2.23. The summed E-state index contributed by atoms with van der Waals surface area (Å²) in [5.41, 5.74) is 1.79. The van der Waals surface area contributed by atoms with E-state index in [0.717, 1.165) is 15.4 Å². The molecule has 0 atom stereocenters. The Balaban J connectivity index is 1.65. The van der Waals surface area contributed by atoms with Crippen LogP contribution in [0.1, 0.15) is 20.9 Å². The van der Waals surface area contributed by atoms with E-state index < -0.39 is 21.5 Å². The number of aromatic nitrogens is 1. The van der Waals surface area contributed by atoms with E-state index in [-0.39, 0.29) is 5.75 Å². The molecule has 0 aliphatic carbocycles. The lowest BCUT2D eigenvalue weighted by atomic mass is 10.2. The average Bonchev–Trinajstić information content (AvgIpc) is 3.19. The van der Waals surface area contributed by atoms with Crippen LogP contribution in [-0.2, 0) is 20.4 Å². The number of amides is 1. The molecular weight excluding hydrogens is 414 g/mol. The van der Waals surface area contributed by atoms with Crippen molar-refractivity contribution in [3.63, 3.8) is 0 Å². The summed E-state index contributed by atoms with van der Waals surface area (Å²) in [7, 11) is -3.64. The maximum atomic E-state index is 12.3. The van der Waals surface area contributed by atoms with Gasteiger partial charge in [-0.15, -0.1) is 22.7 Å². The highest BCUT2D eigenvalue weighted by Gasteiger charge is 2.20. The second-order valence-electron chi connectivity index (χ2n) is 6.22. The van der Waals surface area contributed by atoms with E-state index in [1.807, 2.05) is 32.0 Å². The normalized spacial score (nSPS) is 11.2. The first-order valence-electron chi connectivity index (χ1n) is 8.29. The summed E-state index contributed by atoms with van der Waals surface area (Å²) in [4.78, 5) is 19.8. The Bertz CT molecular complexity index is 1150. The first-order chi connectivity index (χ1) is 13.3. The molecule has 2 aromatic heterocycles. The van der Waals surface area contributed by atoms with Crippen LogP contribution in [0.4, 0.5) is 5.13 Å². The zero-order valence-electron chi connectivity index (χ0n) is 15.2. The van der Waals surface area contributed by atoms with Crippen LogP contribution < -0.4 is 5.32 Å². The van der Waals surface area contributed by atoms with Gasteiger partial charge in [-0.05, 0) is 43.7 Å². The van der Waals surface area contributed by atoms with Gasteiger partial charge in [-0.2, -0.15) is 5.26 Å². The Labute approximate surface area is 171 Å². The van der Waals surface area contributed by atoms with Crippen molar-refractivity contribution in [2.45, 2.75) is 19.6 Å². The smallest absolute Gasteiger partial charge is 0.241 e. The van der Waals surface area contributed by atoms with E-state index in [9.17, 15) is 13.2 Å². The Hall–Kier alpha value is -2.54. The summed E-state index contributed by atoms with van der Waals surface area (Å²) in [6.07, 6.45) is 0. The van der Waals surface area contributed by atoms with Crippen LogP contribution in [0.25, 0.3) is 10.6 Å². The molecule has 28 heavy (non-hydrogen) atoms. The molecule has 1 N–H and O–H groups in total. The predicted octanol–water partition coefficient (Wildman–Crippen LogP) is 3.91. The number of thiazole rings is 1. The molecule has 144 valence electrons. The second-order valence-corrected chi connectivity index (χ2v) is 10.8. The standard InChI is InChI=1S/C19H17N3O3S3/c1-12-3-8-16(26-12)18-13(2)27-19(22-18)21-17(23)11-28(24,25)10-15-6-4-14(9-20)5-7-15/h3-8H,10-11H2,1-2H3,(H,21,22,23). The molecule has 1 aromatic carbocycles. The molecule has 0 bridgehead atoms. The van der Waals surface area contributed by atoms with Gasteiger partial charge in [-0.25, -0.2) is 13.4 Å². The zero-order valence-corrected chi connectivity index (χ0v) is 17.7. The Morgan fingerprint density at radius 1 is 1.14 bits per heavy atom. The van der Waals surface area contributed by atoms with E-state index in [1.54, 1.807) is 35.6 Å². The Kier molecular flexibility index (Phi) is 5.93. The molecular formula is C19H17N3O3S3. The van der Waals surface area contributed by atoms with Crippen molar-refractivity contribution >= 4 is 43.5 Å². The number of carbonyl (C=O) groups is 1. The number of nitrogens with one attached hydrogen (secondary N) is 1. The molecule has 3 rings (SSSR count). The van der Waals surface area contributed by atoms with Crippen molar-refractivity contribution in [3.05, 3.63) is 57.3 Å². The van der Waals surface area contributed by atoms with Crippen LogP contribution in [0, 0.1) is 25.2 Å². The Morgan fingerprint density at radius 3 is 2.46 bits per heavy atom. The number of thiophene rings is 1. The second kappa shape index (κ2) is 8.22. The summed E-state index contributed by atoms with van der Waals surface area (Å²) in [6, 6.07) is 12.2. The third-order valence-corrected chi connectivity index (χ3v) is 7.21. The molecule has 1 amide bonds. The number of nitrogens with zero attached hydrogens (tertiary/aromatic N) is 2. The molecule has 0 saturated heterocycles. The van der Waals surface area contributed by atoms with Crippen molar-refractivity contribution in [2.24, 2.45) is 0 Å². The number of sulfone groups is 1. The molecule has 0 saturated carbocycles. The zero-order chi connectivity index (χ0) is 20.3. The summed E-state index contributed by atoms with van der Waals surface area (Å²) in [5.74, 6) is -1.50. The number of hydrogen-bond donors (Lipinski definition) is 1. The number of benzene rings is 1. The third kappa shape index (κ3) is 5.04. The number of rotatable bonds is 6. The molecule has 9 heteroatoms. The maximum absolute atomic E-state index is 12.3. The summed E-state index contributed by atoms with van der Waals surface area (Å²) < 4.78 is 24.6. The fraction of sp³-hybridized carbons (Fsp3) is 0.211. The van der Waals surface area contributed by atoms with Gasteiger partial charge in [0.05, 0.1) is 28.0 Å². The maximum Gasteiger partial charge on any atom is 0.241 e. The number of aryl methyl sites for hydroxylation is 2. The van der Waals surface area contributed by atoms with E-state index in [1.165, 1.54) is 16.2 Å². The molecule has 0 unspecified atom stereocenters. The molecule has 6 nitrogen and oxygen atoms in total. The van der Waals surface area contributed by atoms with Crippen molar-refractivity contribution < 1.29 is 13.2 Å². The van der Waals surface area contributed by atoms with Crippen molar-refractivity contribution in [3.8, 4) is 16.6 Å². The minimum Gasteiger partial charge on any atom is -0.301 e. The van der Waals surface area contributed by atoms with Gasteiger partial charge in [0, 0.05) is 9.75 Å². The predicted molar refractivity (Wildman–Crippen MR) is 112 cm³/mol. The van der Waals surface area contributed by atoms with Crippen molar-refractivity contribution in [1.29, 1.82) is 5.26 Å². The minimum atomic E-state index is -3.64. The molecule has 2 heterocycles. The van der Waals surface area contributed by atoms with E-state index in [0.29, 0.717) is 16.3 Å². The van der Waals surface area contributed by atoms with Crippen molar-refractivity contribution in [1.82, 2.24) is 4.98 Å². The molecule has 0 spiro atoms. The molecule has 0 fully saturated rings. The van der Waals surface area contributed by atoms with Crippen LogP contribution in [0.2, 0.25) is 0 Å². The highest BCUT2D eigenvalue weighted by molar-refractivity contribution is 7.91.